The van der Waals surface area contributed by atoms with Crippen LogP contribution in [0.25, 0.3) is 0 Å². The largest absolute Gasteiger partial charge is 0.338 e. The Morgan fingerprint density at radius 3 is 2.41 bits per heavy atom. The molecule has 98 valence electrons. The number of urea groups is 1. The van der Waals surface area contributed by atoms with Crippen molar-refractivity contribution in [3.63, 3.8) is 0 Å². The van der Waals surface area contributed by atoms with E-state index >= 15 is 0 Å². The minimum atomic E-state index is -0.849. The molecule has 0 unspecified atom stereocenters. The van der Waals surface area contributed by atoms with Gasteiger partial charge in [0.15, 0.2) is 0 Å². The first-order valence-electron chi connectivity index (χ1n) is 5.71. The van der Waals surface area contributed by atoms with E-state index in [9.17, 15) is 9.00 Å². The molecule has 0 saturated carbocycles. The third-order valence-electron chi connectivity index (χ3n) is 2.54. The number of carbonyl (C=O) groups is 1. The van der Waals surface area contributed by atoms with Crippen molar-refractivity contribution in [2.75, 3.05) is 12.8 Å². The van der Waals surface area contributed by atoms with Crippen molar-refractivity contribution in [2.24, 2.45) is 5.92 Å². The van der Waals surface area contributed by atoms with Crippen LogP contribution < -0.4 is 10.6 Å². The van der Waals surface area contributed by atoms with Crippen LogP contribution in [0.5, 0.6) is 0 Å². The van der Waals surface area contributed by atoms with Crippen LogP contribution in [0.15, 0.2) is 0 Å². The predicted molar refractivity (Wildman–Crippen MR) is 72.1 cm³/mol. The summed E-state index contributed by atoms with van der Waals surface area (Å²) < 4.78 is 11.1. The molecule has 0 aliphatic carbocycles. The van der Waals surface area contributed by atoms with Gasteiger partial charge in [0, 0.05) is 28.9 Å². The maximum Gasteiger partial charge on any atom is 0.315 e. The molecule has 0 aliphatic heterocycles. The zero-order valence-corrected chi connectivity index (χ0v) is 11.8. The van der Waals surface area contributed by atoms with E-state index < -0.39 is 10.8 Å². The Balaban J connectivity index is 3.88. The summed E-state index contributed by atoms with van der Waals surface area (Å²) in [7, 11) is -0.849. The number of nitrogens with one attached hydrogen (secondary N) is 2. The van der Waals surface area contributed by atoms with E-state index in [0.717, 1.165) is 0 Å². The highest BCUT2D eigenvalue weighted by Gasteiger charge is 2.13. The topological polar surface area (TPSA) is 58.2 Å². The molecular weight excluding hydrogens is 236 g/mol. The first kappa shape index (κ1) is 16.0. The number of terminal acetylenes is 1. The monoisotopic (exact) mass is 258 g/mol. The Morgan fingerprint density at radius 1 is 1.41 bits per heavy atom. The molecule has 2 N–H and O–H groups in total. The van der Waals surface area contributed by atoms with Gasteiger partial charge in [0.05, 0.1) is 6.04 Å². The number of hydrogen-bond donors (Lipinski definition) is 2. The molecule has 0 heterocycles. The quantitative estimate of drug-likeness (QED) is 0.701. The summed E-state index contributed by atoms with van der Waals surface area (Å²) in [5, 5.41) is 5.50. The van der Waals surface area contributed by atoms with Crippen molar-refractivity contribution in [3.05, 3.63) is 0 Å². The maximum absolute atomic E-state index is 11.5. The normalized spacial score (nSPS) is 15.8. The summed E-state index contributed by atoms with van der Waals surface area (Å²) in [6.07, 6.45) is 7.66. The van der Waals surface area contributed by atoms with Gasteiger partial charge in [0.25, 0.3) is 0 Å². The van der Waals surface area contributed by atoms with Crippen LogP contribution >= 0.6 is 0 Å². The Kier molecular flexibility index (Phi) is 7.64. The van der Waals surface area contributed by atoms with E-state index in [1.54, 1.807) is 6.26 Å². The van der Waals surface area contributed by atoms with Gasteiger partial charge in [-0.05, 0) is 12.3 Å². The van der Waals surface area contributed by atoms with E-state index in [2.05, 4.69) is 16.6 Å². The fourth-order valence-electron chi connectivity index (χ4n) is 1.15. The van der Waals surface area contributed by atoms with Gasteiger partial charge in [-0.1, -0.05) is 26.7 Å². The molecule has 0 radical (unpaired) electrons. The molecule has 0 bridgehead atoms. The van der Waals surface area contributed by atoms with Gasteiger partial charge in [-0.3, -0.25) is 4.21 Å². The van der Waals surface area contributed by atoms with Crippen molar-refractivity contribution >= 4 is 16.8 Å². The summed E-state index contributed by atoms with van der Waals surface area (Å²) in [4.78, 5) is 11.5. The van der Waals surface area contributed by atoms with Gasteiger partial charge < -0.3 is 10.6 Å². The van der Waals surface area contributed by atoms with Crippen molar-refractivity contribution in [1.82, 2.24) is 10.6 Å². The number of amides is 2. The summed E-state index contributed by atoms with van der Waals surface area (Å²) in [6, 6.07) is -0.525. The number of carbonyl (C=O) groups excluding carboxylic acids is 1. The van der Waals surface area contributed by atoms with E-state index in [1.165, 1.54) is 0 Å². The predicted octanol–water partition coefficient (Wildman–Crippen LogP) is 1.10. The zero-order chi connectivity index (χ0) is 13.4. The molecule has 0 aromatic heterocycles. The van der Waals surface area contributed by atoms with Gasteiger partial charge in [-0.15, -0.1) is 6.42 Å². The van der Waals surface area contributed by atoms with Crippen LogP contribution in [0.4, 0.5) is 4.79 Å². The van der Waals surface area contributed by atoms with Crippen LogP contribution in [0.1, 0.15) is 27.2 Å². The van der Waals surface area contributed by atoms with Crippen LogP contribution in [0.3, 0.4) is 0 Å². The van der Waals surface area contributed by atoms with Crippen LogP contribution in [0, 0.1) is 18.3 Å². The van der Waals surface area contributed by atoms with Crippen molar-refractivity contribution in [2.45, 2.75) is 38.5 Å². The fourth-order valence-corrected chi connectivity index (χ4v) is 1.60. The molecule has 0 rings (SSSR count). The second-order valence-corrected chi connectivity index (χ2v) is 6.19. The second kappa shape index (κ2) is 8.13. The van der Waals surface area contributed by atoms with Gasteiger partial charge in [-0.25, -0.2) is 4.79 Å². The lowest BCUT2D eigenvalue weighted by molar-refractivity contribution is 0.236. The number of hydrogen-bond acceptors (Lipinski definition) is 2. The summed E-state index contributed by atoms with van der Waals surface area (Å²) >= 11 is 0. The minimum Gasteiger partial charge on any atom is -0.338 e. The van der Waals surface area contributed by atoms with Crippen molar-refractivity contribution in [1.29, 1.82) is 0 Å². The standard InChI is InChI=1S/C12H22N2O2S/c1-6-11(9(2)3)14-12(15)13-8-7-10(4)17(5)16/h1,9-11H,7-8H2,2-5H3,(H2,13,14,15)/t10-,11+,17+/m1/s1. The smallest absolute Gasteiger partial charge is 0.315 e. The summed E-state index contributed by atoms with van der Waals surface area (Å²) in [5.74, 6) is 2.73. The Labute approximate surface area is 106 Å². The van der Waals surface area contributed by atoms with Crippen molar-refractivity contribution < 1.29 is 9.00 Å². The zero-order valence-electron chi connectivity index (χ0n) is 10.9. The van der Waals surface area contributed by atoms with Crippen molar-refractivity contribution in [3.8, 4) is 12.3 Å². The summed E-state index contributed by atoms with van der Waals surface area (Å²) in [5.41, 5.74) is 0. The molecule has 2 amide bonds. The van der Waals surface area contributed by atoms with Gasteiger partial charge in [0.2, 0.25) is 0 Å². The SMILES string of the molecule is C#C[C@H](NC(=O)NCC[C@@H](C)[S@](C)=O)C(C)C. The third-order valence-corrected chi connectivity index (χ3v) is 3.90. The van der Waals surface area contributed by atoms with Crippen LogP contribution in [-0.2, 0) is 10.8 Å². The molecule has 4 nitrogen and oxygen atoms in total. The van der Waals surface area contributed by atoms with Gasteiger partial charge in [0.1, 0.15) is 0 Å². The van der Waals surface area contributed by atoms with Crippen LogP contribution in [0.2, 0.25) is 0 Å². The first-order valence-corrected chi connectivity index (χ1v) is 7.33. The molecule has 0 aromatic rings. The van der Waals surface area contributed by atoms with E-state index in [0.29, 0.717) is 13.0 Å². The molecule has 3 atom stereocenters. The average Bonchev–Trinajstić information content (AvgIpc) is 2.25. The fraction of sp³-hybridized carbons (Fsp3) is 0.750. The molecule has 17 heavy (non-hydrogen) atoms. The minimum absolute atomic E-state index is 0.0869. The summed E-state index contributed by atoms with van der Waals surface area (Å²) in [6.45, 7) is 6.30. The molecule has 0 spiro atoms. The highest BCUT2D eigenvalue weighted by Crippen LogP contribution is 2.00. The average molecular weight is 258 g/mol. The van der Waals surface area contributed by atoms with Gasteiger partial charge in [-0.2, -0.15) is 0 Å². The highest BCUT2D eigenvalue weighted by molar-refractivity contribution is 7.84. The van der Waals surface area contributed by atoms with E-state index in [1.807, 2.05) is 20.8 Å². The number of rotatable bonds is 6. The lowest BCUT2D eigenvalue weighted by Crippen LogP contribution is -2.44. The maximum atomic E-state index is 11.5. The first-order chi connectivity index (χ1) is 7.88. The lowest BCUT2D eigenvalue weighted by atomic mass is 10.1. The second-order valence-electron chi connectivity index (χ2n) is 4.39. The highest BCUT2D eigenvalue weighted by atomic mass is 32.2. The molecule has 0 aliphatic rings. The molecular formula is C12H22N2O2S. The Hall–Kier alpha value is -1.02. The Morgan fingerprint density at radius 2 is 2.00 bits per heavy atom. The Bertz CT molecular complexity index is 310. The molecule has 5 heteroatoms. The van der Waals surface area contributed by atoms with Gasteiger partial charge >= 0.3 is 6.03 Å². The van der Waals surface area contributed by atoms with Crippen LogP contribution in [-0.4, -0.2) is 34.3 Å². The lowest BCUT2D eigenvalue weighted by Gasteiger charge is -2.17. The van der Waals surface area contributed by atoms with E-state index in [4.69, 9.17) is 6.42 Å². The molecule has 0 aromatic carbocycles. The molecule has 0 saturated heterocycles. The third kappa shape index (κ3) is 7.01. The van der Waals surface area contributed by atoms with E-state index in [-0.39, 0.29) is 23.2 Å². The molecule has 0 fully saturated rings.